The SMILES string of the molecule is CN=C(NCc1noc(C)n1)NC1CC2CCC(C1)N2Cc1ccccc1. The van der Waals surface area contributed by atoms with E-state index in [-0.39, 0.29) is 0 Å². The predicted molar refractivity (Wildman–Crippen MR) is 104 cm³/mol. The summed E-state index contributed by atoms with van der Waals surface area (Å²) in [6, 6.07) is 12.6. The lowest BCUT2D eigenvalue weighted by atomic mass is 9.96. The fourth-order valence-corrected chi connectivity index (χ4v) is 4.41. The molecule has 0 amide bonds. The molecule has 2 N–H and O–H groups in total. The summed E-state index contributed by atoms with van der Waals surface area (Å²) < 4.78 is 5.01. The summed E-state index contributed by atoms with van der Waals surface area (Å²) in [5, 5.41) is 10.8. The van der Waals surface area contributed by atoms with E-state index in [1.54, 1.807) is 14.0 Å². The van der Waals surface area contributed by atoms with Crippen LogP contribution in [0.5, 0.6) is 0 Å². The number of aryl methyl sites for hydroxylation is 1. The van der Waals surface area contributed by atoms with Gasteiger partial charge in [-0.3, -0.25) is 9.89 Å². The molecule has 2 bridgehead atoms. The monoisotopic (exact) mass is 368 g/mol. The molecule has 4 rings (SSSR count). The second-order valence-electron chi connectivity index (χ2n) is 7.51. The van der Waals surface area contributed by atoms with Crippen LogP contribution in [-0.4, -0.2) is 46.2 Å². The fraction of sp³-hybridized carbons (Fsp3) is 0.550. The average Bonchev–Trinajstić information content (AvgIpc) is 3.19. The highest BCUT2D eigenvalue weighted by Crippen LogP contribution is 2.36. The molecule has 1 aromatic heterocycles. The molecule has 2 aliphatic rings. The van der Waals surface area contributed by atoms with Crippen molar-refractivity contribution >= 4 is 5.96 Å². The minimum Gasteiger partial charge on any atom is -0.354 e. The molecule has 2 aliphatic heterocycles. The predicted octanol–water partition coefficient (Wildman–Crippen LogP) is 2.24. The van der Waals surface area contributed by atoms with E-state index in [2.05, 4.69) is 61.0 Å². The van der Waals surface area contributed by atoms with Crippen molar-refractivity contribution in [2.45, 2.75) is 63.8 Å². The van der Waals surface area contributed by atoms with Crippen molar-refractivity contribution < 1.29 is 4.52 Å². The minimum atomic E-state index is 0.452. The number of aliphatic imine (C=N–C) groups is 1. The van der Waals surface area contributed by atoms with Crippen molar-refractivity contribution in [2.75, 3.05) is 7.05 Å². The normalized spacial score (nSPS) is 25.6. The van der Waals surface area contributed by atoms with Crippen LogP contribution in [-0.2, 0) is 13.1 Å². The van der Waals surface area contributed by atoms with Crippen molar-refractivity contribution in [3.05, 3.63) is 47.6 Å². The first-order chi connectivity index (χ1) is 13.2. The third-order valence-corrected chi connectivity index (χ3v) is 5.64. The number of aromatic nitrogens is 2. The summed E-state index contributed by atoms with van der Waals surface area (Å²) in [6.45, 7) is 3.37. The number of hydrogen-bond donors (Lipinski definition) is 2. The molecule has 0 spiro atoms. The number of rotatable bonds is 5. The number of nitrogens with one attached hydrogen (secondary N) is 2. The zero-order chi connectivity index (χ0) is 18.6. The van der Waals surface area contributed by atoms with Crippen molar-refractivity contribution in [3.63, 3.8) is 0 Å². The van der Waals surface area contributed by atoms with Crippen LogP contribution in [0.4, 0.5) is 0 Å². The molecule has 1 aromatic carbocycles. The second-order valence-corrected chi connectivity index (χ2v) is 7.51. The Bertz CT molecular complexity index is 760. The smallest absolute Gasteiger partial charge is 0.223 e. The standard InChI is InChI=1S/C20H28N6O/c1-14-23-19(25-27-14)12-22-20(21-2)24-16-10-17-8-9-18(11-16)26(17)13-15-6-4-3-5-7-15/h3-7,16-18H,8-13H2,1-2H3,(H2,21,22,24). The van der Waals surface area contributed by atoms with Gasteiger partial charge < -0.3 is 15.2 Å². The lowest BCUT2D eigenvalue weighted by Crippen LogP contribution is -2.52. The summed E-state index contributed by atoms with van der Waals surface area (Å²) in [4.78, 5) is 11.3. The Labute approximate surface area is 160 Å². The largest absolute Gasteiger partial charge is 0.354 e. The van der Waals surface area contributed by atoms with Crippen LogP contribution in [0.3, 0.4) is 0 Å². The number of fused-ring (bicyclic) bond motifs is 2. The van der Waals surface area contributed by atoms with Gasteiger partial charge in [0.15, 0.2) is 11.8 Å². The van der Waals surface area contributed by atoms with Crippen molar-refractivity contribution in [2.24, 2.45) is 4.99 Å². The van der Waals surface area contributed by atoms with E-state index in [1.807, 2.05) is 0 Å². The number of nitrogens with zero attached hydrogens (tertiary/aromatic N) is 4. The highest BCUT2D eigenvalue weighted by Gasteiger charge is 2.40. The molecule has 3 heterocycles. The maximum atomic E-state index is 5.01. The molecule has 2 aromatic rings. The van der Waals surface area contributed by atoms with Gasteiger partial charge in [0.1, 0.15) is 0 Å². The molecule has 27 heavy (non-hydrogen) atoms. The number of piperidine rings is 1. The Morgan fingerprint density at radius 2 is 1.96 bits per heavy atom. The van der Waals surface area contributed by atoms with E-state index in [0.29, 0.717) is 36.4 Å². The second kappa shape index (κ2) is 8.08. The molecule has 7 heteroatoms. The third-order valence-electron chi connectivity index (χ3n) is 5.64. The Morgan fingerprint density at radius 3 is 2.59 bits per heavy atom. The Balaban J connectivity index is 1.31. The van der Waals surface area contributed by atoms with Gasteiger partial charge in [0.2, 0.25) is 5.89 Å². The molecule has 0 saturated carbocycles. The Morgan fingerprint density at radius 1 is 1.22 bits per heavy atom. The van der Waals surface area contributed by atoms with Gasteiger partial charge in [-0.25, -0.2) is 0 Å². The molecule has 2 atom stereocenters. The molecular formula is C20H28N6O. The number of hydrogen-bond acceptors (Lipinski definition) is 5. The van der Waals surface area contributed by atoms with Gasteiger partial charge in [0.05, 0.1) is 6.54 Å². The van der Waals surface area contributed by atoms with Gasteiger partial charge in [-0.05, 0) is 31.2 Å². The number of guanidine groups is 1. The summed E-state index contributed by atoms with van der Waals surface area (Å²) in [7, 11) is 1.80. The van der Waals surface area contributed by atoms with E-state index < -0.39 is 0 Å². The summed E-state index contributed by atoms with van der Waals surface area (Å²) in [5.41, 5.74) is 1.41. The summed E-state index contributed by atoms with van der Waals surface area (Å²) >= 11 is 0. The van der Waals surface area contributed by atoms with E-state index in [1.165, 1.54) is 18.4 Å². The van der Waals surface area contributed by atoms with E-state index in [4.69, 9.17) is 4.52 Å². The molecule has 2 saturated heterocycles. The van der Waals surface area contributed by atoms with Crippen LogP contribution in [0, 0.1) is 6.92 Å². The quantitative estimate of drug-likeness (QED) is 0.622. The van der Waals surface area contributed by atoms with E-state index >= 15 is 0 Å². The molecule has 2 unspecified atom stereocenters. The van der Waals surface area contributed by atoms with Gasteiger partial charge in [0, 0.05) is 38.6 Å². The average molecular weight is 368 g/mol. The summed E-state index contributed by atoms with van der Waals surface area (Å²) in [6.07, 6.45) is 4.91. The molecule has 2 fully saturated rings. The van der Waals surface area contributed by atoms with Crippen LogP contribution in [0.15, 0.2) is 39.8 Å². The van der Waals surface area contributed by atoms with Gasteiger partial charge in [-0.1, -0.05) is 35.5 Å². The topological polar surface area (TPSA) is 78.6 Å². The third kappa shape index (κ3) is 4.30. The lowest BCUT2D eigenvalue weighted by Gasteiger charge is -2.39. The van der Waals surface area contributed by atoms with Gasteiger partial charge in [-0.15, -0.1) is 0 Å². The lowest BCUT2D eigenvalue weighted by molar-refractivity contribution is 0.114. The van der Waals surface area contributed by atoms with E-state index in [0.717, 1.165) is 25.3 Å². The maximum Gasteiger partial charge on any atom is 0.223 e. The van der Waals surface area contributed by atoms with Crippen molar-refractivity contribution in [3.8, 4) is 0 Å². The zero-order valence-corrected chi connectivity index (χ0v) is 16.1. The van der Waals surface area contributed by atoms with Gasteiger partial charge in [0.25, 0.3) is 0 Å². The van der Waals surface area contributed by atoms with Crippen LogP contribution < -0.4 is 10.6 Å². The first-order valence-corrected chi connectivity index (χ1v) is 9.77. The molecule has 144 valence electrons. The Hall–Kier alpha value is -2.41. The highest BCUT2D eigenvalue weighted by atomic mass is 16.5. The summed E-state index contributed by atoms with van der Waals surface area (Å²) in [5.74, 6) is 2.03. The number of benzene rings is 1. The highest BCUT2D eigenvalue weighted by molar-refractivity contribution is 5.79. The van der Waals surface area contributed by atoms with Gasteiger partial charge in [-0.2, -0.15) is 4.98 Å². The van der Waals surface area contributed by atoms with Crippen LogP contribution in [0.2, 0.25) is 0 Å². The minimum absolute atomic E-state index is 0.452. The van der Waals surface area contributed by atoms with Crippen molar-refractivity contribution in [1.29, 1.82) is 0 Å². The molecule has 7 nitrogen and oxygen atoms in total. The van der Waals surface area contributed by atoms with Gasteiger partial charge >= 0.3 is 0 Å². The molecule has 0 radical (unpaired) electrons. The van der Waals surface area contributed by atoms with Crippen molar-refractivity contribution in [1.82, 2.24) is 25.7 Å². The Kier molecular flexibility index (Phi) is 5.38. The first kappa shape index (κ1) is 18.0. The fourth-order valence-electron chi connectivity index (χ4n) is 4.41. The van der Waals surface area contributed by atoms with Crippen LogP contribution >= 0.6 is 0 Å². The first-order valence-electron chi connectivity index (χ1n) is 9.77. The molecule has 0 aliphatic carbocycles. The van der Waals surface area contributed by atoms with Crippen LogP contribution in [0.1, 0.15) is 43.0 Å². The molecular weight excluding hydrogens is 340 g/mol. The zero-order valence-electron chi connectivity index (χ0n) is 16.1. The van der Waals surface area contributed by atoms with E-state index in [9.17, 15) is 0 Å². The van der Waals surface area contributed by atoms with Crippen LogP contribution in [0.25, 0.3) is 0 Å². The maximum absolute atomic E-state index is 5.01.